The first-order valence-electron chi connectivity index (χ1n) is 7.00. The number of nitro groups is 1. The van der Waals surface area contributed by atoms with Gasteiger partial charge in [-0.15, -0.1) is 0 Å². The lowest BCUT2D eigenvalue weighted by Crippen LogP contribution is -2.38. The topological polar surface area (TPSA) is 80.4 Å². The number of aliphatic carboxylic acids is 1. The van der Waals surface area contributed by atoms with Crippen molar-refractivity contribution in [2.24, 2.45) is 11.3 Å². The van der Waals surface area contributed by atoms with E-state index in [2.05, 4.69) is 0 Å². The van der Waals surface area contributed by atoms with Crippen molar-refractivity contribution in [2.45, 2.75) is 39.0 Å². The highest BCUT2D eigenvalue weighted by molar-refractivity contribution is 5.75. The van der Waals surface area contributed by atoms with Gasteiger partial charge in [0.2, 0.25) is 0 Å². The van der Waals surface area contributed by atoms with E-state index in [1.54, 1.807) is 0 Å². The van der Waals surface area contributed by atoms with Crippen molar-refractivity contribution >= 4 is 11.7 Å². The van der Waals surface area contributed by atoms with Gasteiger partial charge in [-0.1, -0.05) is 19.8 Å². The maximum atomic E-state index is 13.5. The van der Waals surface area contributed by atoms with Crippen LogP contribution in [0.25, 0.3) is 0 Å². The molecule has 0 bridgehead atoms. The lowest BCUT2D eigenvalue weighted by Gasteiger charge is -2.36. The summed E-state index contributed by atoms with van der Waals surface area (Å²) in [5, 5.41) is 20.4. The van der Waals surface area contributed by atoms with Crippen molar-refractivity contribution in [3.8, 4) is 0 Å². The average molecular weight is 295 g/mol. The van der Waals surface area contributed by atoms with Crippen molar-refractivity contribution in [1.82, 2.24) is 0 Å². The molecule has 114 valence electrons. The Kier molecular flexibility index (Phi) is 4.25. The Bertz CT molecular complexity index is 575. The van der Waals surface area contributed by atoms with Crippen LogP contribution in [0.3, 0.4) is 0 Å². The summed E-state index contributed by atoms with van der Waals surface area (Å²) in [7, 11) is 0. The summed E-state index contributed by atoms with van der Waals surface area (Å²) < 4.78 is 13.5. The Labute approximate surface area is 121 Å². The molecule has 1 aromatic rings. The standard InChI is InChI=1S/C15H18FNO4/c1-10-3-2-4-15(8-10,14(18)19)9-11-5-12(16)7-13(6-11)17(20)21/h5-7,10H,2-4,8-9H2,1H3,(H,18,19). The monoisotopic (exact) mass is 295 g/mol. The second-order valence-corrected chi connectivity index (χ2v) is 6.04. The van der Waals surface area contributed by atoms with Crippen LogP contribution in [-0.2, 0) is 11.2 Å². The molecule has 5 nitrogen and oxygen atoms in total. The Morgan fingerprint density at radius 3 is 2.81 bits per heavy atom. The Morgan fingerprint density at radius 1 is 1.52 bits per heavy atom. The highest BCUT2D eigenvalue weighted by atomic mass is 19.1. The minimum Gasteiger partial charge on any atom is -0.481 e. The van der Waals surface area contributed by atoms with Crippen molar-refractivity contribution in [3.05, 3.63) is 39.7 Å². The maximum Gasteiger partial charge on any atom is 0.309 e. The molecule has 0 aromatic heterocycles. The molecule has 0 saturated heterocycles. The van der Waals surface area contributed by atoms with Crippen molar-refractivity contribution < 1.29 is 19.2 Å². The predicted octanol–water partition coefficient (Wildman–Crippen LogP) is 3.56. The maximum absolute atomic E-state index is 13.5. The van der Waals surface area contributed by atoms with Crippen LogP contribution >= 0.6 is 0 Å². The van der Waals surface area contributed by atoms with Gasteiger partial charge >= 0.3 is 5.97 Å². The number of hydrogen-bond donors (Lipinski definition) is 1. The molecule has 0 radical (unpaired) electrons. The normalized spacial score (nSPS) is 25.5. The summed E-state index contributed by atoms with van der Waals surface area (Å²) in [6.07, 6.45) is 2.97. The van der Waals surface area contributed by atoms with Gasteiger partial charge in [0.25, 0.3) is 5.69 Å². The largest absolute Gasteiger partial charge is 0.481 e. The molecule has 21 heavy (non-hydrogen) atoms. The van der Waals surface area contributed by atoms with Crippen LogP contribution in [-0.4, -0.2) is 16.0 Å². The molecular weight excluding hydrogens is 277 g/mol. The SMILES string of the molecule is CC1CCCC(Cc2cc(F)cc([N+](=O)[O-])c2)(C(=O)O)C1. The number of carbonyl (C=O) groups is 1. The summed E-state index contributed by atoms with van der Waals surface area (Å²) in [6.45, 7) is 2.00. The first-order chi connectivity index (χ1) is 9.82. The molecule has 0 aliphatic heterocycles. The van der Waals surface area contributed by atoms with Crippen LogP contribution in [0.5, 0.6) is 0 Å². The van der Waals surface area contributed by atoms with Crippen LogP contribution < -0.4 is 0 Å². The number of carboxylic acid groups (broad SMARTS) is 1. The Balaban J connectivity index is 2.33. The van der Waals surface area contributed by atoms with Crippen molar-refractivity contribution in [1.29, 1.82) is 0 Å². The van der Waals surface area contributed by atoms with E-state index < -0.39 is 22.1 Å². The predicted molar refractivity (Wildman–Crippen MR) is 74.5 cm³/mol. The lowest BCUT2D eigenvalue weighted by atomic mass is 9.67. The zero-order valence-corrected chi connectivity index (χ0v) is 11.8. The van der Waals surface area contributed by atoms with Gasteiger partial charge in [0.15, 0.2) is 0 Å². The van der Waals surface area contributed by atoms with Gasteiger partial charge in [0.05, 0.1) is 16.4 Å². The molecular formula is C15H18FNO4. The minimum absolute atomic E-state index is 0.130. The average Bonchev–Trinajstić information content (AvgIpc) is 2.37. The highest BCUT2D eigenvalue weighted by Gasteiger charge is 2.42. The summed E-state index contributed by atoms with van der Waals surface area (Å²) in [4.78, 5) is 21.8. The number of carboxylic acids is 1. The van der Waals surface area contributed by atoms with Gasteiger partial charge in [-0.2, -0.15) is 0 Å². The number of benzene rings is 1. The van der Waals surface area contributed by atoms with Gasteiger partial charge in [-0.25, -0.2) is 4.39 Å². The van der Waals surface area contributed by atoms with E-state index in [0.717, 1.165) is 18.9 Å². The Morgan fingerprint density at radius 2 is 2.24 bits per heavy atom. The van der Waals surface area contributed by atoms with Crippen LogP contribution in [0.2, 0.25) is 0 Å². The molecule has 1 aromatic carbocycles. The molecule has 2 atom stereocenters. The summed E-state index contributed by atoms with van der Waals surface area (Å²) in [5.74, 6) is -1.32. The third kappa shape index (κ3) is 3.37. The zero-order chi connectivity index (χ0) is 15.6. The van der Waals surface area contributed by atoms with Crippen molar-refractivity contribution in [2.75, 3.05) is 0 Å². The summed E-state index contributed by atoms with van der Waals surface area (Å²) >= 11 is 0. The molecule has 1 aliphatic carbocycles. The summed E-state index contributed by atoms with van der Waals surface area (Å²) in [5.41, 5.74) is -0.910. The van der Waals surface area contributed by atoms with Gasteiger partial charge in [0, 0.05) is 6.07 Å². The van der Waals surface area contributed by atoms with E-state index >= 15 is 0 Å². The summed E-state index contributed by atoms with van der Waals surface area (Å²) in [6, 6.07) is 3.31. The number of non-ortho nitro benzene ring substituents is 1. The van der Waals surface area contributed by atoms with Gasteiger partial charge < -0.3 is 5.11 Å². The number of halogens is 1. The second-order valence-electron chi connectivity index (χ2n) is 6.04. The quantitative estimate of drug-likeness (QED) is 0.680. The number of hydrogen-bond acceptors (Lipinski definition) is 3. The highest BCUT2D eigenvalue weighted by Crippen LogP contribution is 2.42. The minimum atomic E-state index is -0.945. The van der Waals surface area contributed by atoms with Gasteiger partial charge in [0.1, 0.15) is 5.82 Å². The molecule has 1 aliphatic rings. The smallest absolute Gasteiger partial charge is 0.309 e. The van der Waals surface area contributed by atoms with E-state index in [-0.39, 0.29) is 12.1 Å². The van der Waals surface area contributed by atoms with Gasteiger partial charge in [-0.3, -0.25) is 14.9 Å². The third-order valence-electron chi connectivity index (χ3n) is 4.24. The molecule has 0 amide bonds. The van der Waals surface area contributed by atoms with Crippen LogP contribution in [0.4, 0.5) is 10.1 Å². The second kappa shape index (κ2) is 5.79. The fourth-order valence-electron chi connectivity index (χ4n) is 3.32. The van der Waals surface area contributed by atoms with Crippen LogP contribution in [0, 0.1) is 27.3 Å². The van der Waals surface area contributed by atoms with E-state index in [4.69, 9.17) is 0 Å². The zero-order valence-electron chi connectivity index (χ0n) is 11.8. The number of nitrogens with zero attached hydrogens (tertiary/aromatic N) is 1. The van der Waals surface area contributed by atoms with Crippen LogP contribution in [0.15, 0.2) is 18.2 Å². The fourth-order valence-corrected chi connectivity index (χ4v) is 3.32. The third-order valence-corrected chi connectivity index (χ3v) is 4.24. The first-order valence-corrected chi connectivity index (χ1v) is 7.00. The molecule has 1 fully saturated rings. The molecule has 6 heteroatoms. The fraction of sp³-hybridized carbons (Fsp3) is 0.533. The molecule has 2 rings (SSSR count). The number of rotatable bonds is 4. The molecule has 2 unspecified atom stereocenters. The lowest BCUT2D eigenvalue weighted by molar-refractivity contribution is -0.385. The van der Waals surface area contributed by atoms with Crippen LogP contribution in [0.1, 0.15) is 38.2 Å². The van der Waals surface area contributed by atoms with Gasteiger partial charge in [-0.05, 0) is 36.8 Å². The van der Waals surface area contributed by atoms with E-state index in [9.17, 15) is 24.4 Å². The number of nitro benzene ring substituents is 1. The van der Waals surface area contributed by atoms with E-state index in [1.165, 1.54) is 12.1 Å². The van der Waals surface area contributed by atoms with Crippen molar-refractivity contribution in [3.63, 3.8) is 0 Å². The molecule has 0 heterocycles. The van der Waals surface area contributed by atoms with E-state index in [1.807, 2.05) is 6.92 Å². The molecule has 0 spiro atoms. The van der Waals surface area contributed by atoms with E-state index in [0.29, 0.717) is 24.3 Å². The Hall–Kier alpha value is -1.98. The molecule has 1 saturated carbocycles. The first kappa shape index (κ1) is 15.4. The molecule has 1 N–H and O–H groups in total.